The number of benzene rings is 1. The Morgan fingerprint density at radius 1 is 1.43 bits per heavy atom. The molecule has 0 radical (unpaired) electrons. The lowest BCUT2D eigenvalue weighted by Crippen LogP contribution is -2.26. The number of nitrogens with zero attached hydrogens (tertiary/aromatic N) is 2. The smallest absolute Gasteiger partial charge is 0.314 e. The Morgan fingerprint density at radius 2 is 2.17 bits per heavy atom. The van der Waals surface area contributed by atoms with E-state index in [1.807, 2.05) is 6.92 Å². The second kappa shape index (κ2) is 5.53. The Kier molecular flexibility index (Phi) is 3.67. The highest BCUT2D eigenvalue weighted by Gasteiger charge is 2.35. The topological polar surface area (TPSA) is 127 Å². The molecule has 23 heavy (non-hydrogen) atoms. The summed E-state index contributed by atoms with van der Waals surface area (Å²) < 4.78 is 5.65. The molecule has 0 amide bonds. The van der Waals surface area contributed by atoms with Crippen molar-refractivity contribution in [1.29, 1.82) is 0 Å². The van der Waals surface area contributed by atoms with E-state index in [-0.39, 0.29) is 23.3 Å². The van der Waals surface area contributed by atoms with Crippen molar-refractivity contribution in [1.82, 2.24) is 4.98 Å². The molecule has 1 aliphatic carbocycles. The first-order valence-corrected chi connectivity index (χ1v) is 7.37. The maximum Gasteiger partial charge on any atom is 0.314 e. The molecule has 1 aromatic carbocycles. The first-order chi connectivity index (χ1) is 10.9. The van der Waals surface area contributed by atoms with Crippen LogP contribution in [0.2, 0.25) is 0 Å². The fourth-order valence-corrected chi connectivity index (χ4v) is 3.26. The van der Waals surface area contributed by atoms with Gasteiger partial charge in [-0.1, -0.05) is 6.92 Å². The zero-order chi connectivity index (χ0) is 16.7. The Labute approximate surface area is 130 Å². The highest BCUT2D eigenvalue weighted by Crippen LogP contribution is 2.41. The van der Waals surface area contributed by atoms with Gasteiger partial charge >= 0.3 is 11.7 Å². The molecule has 2 N–H and O–H groups in total. The standard InChI is InChI=1S/C15H16N2O6/c1-7-4-8(15(19)20)2-3-9(7)14-16-10-5-12(18)11(17(21)22)6-13(10)23-14/h5-9,18H,2-4H2,1H3,(H,19,20). The predicted octanol–water partition coefficient (Wildman–Crippen LogP) is 3.05. The van der Waals surface area contributed by atoms with Crippen LogP contribution in [0.5, 0.6) is 5.75 Å². The van der Waals surface area contributed by atoms with E-state index in [1.165, 1.54) is 6.07 Å². The molecule has 8 nitrogen and oxygen atoms in total. The first-order valence-electron chi connectivity index (χ1n) is 7.37. The number of rotatable bonds is 3. The minimum Gasteiger partial charge on any atom is -0.502 e. The second-order valence-electron chi connectivity index (χ2n) is 6.05. The molecular formula is C15H16N2O6. The zero-order valence-electron chi connectivity index (χ0n) is 12.4. The fourth-order valence-electron chi connectivity index (χ4n) is 3.26. The molecule has 3 rings (SSSR count). The van der Waals surface area contributed by atoms with Gasteiger partial charge in [-0.3, -0.25) is 14.9 Å². The van der Waals surface area contributed by atoms with Gasteiger partial charge in [-0.25, -0.2) is 4.98 Å². The average molecular weight is 320 g/mol. The Morgan fingerprint density at radius 3 is 2.78 bits per heavy atom. The SMILES string of the molecule is CC1CC(C(=O)O)CCC1c1nc2cc(O)c([N+](=O)[O-])cc2o1. The molecule has 3 unspecified atom stereocenters. The molecule has 1 heterocycles. The lowest BCUT2D eigenvalue weighted by atomic mass is 9.75. The van der Waals surface area contributed by atoms with Gasteiger partial charge in [0, 0.05) is 12.0 Å². The highest BCUT2D eigenvalue weighted by molar-refractivity contribution is 5.79. The summed E-state index contributed by atoms with van der Waals surface area (Å²) in [5, 5.41) is 29.6. The summed E-state index contributed by atoms with van der Waals surface area (Å²) in [5.41, 5.74) is 0.176. The van der Waals surface area contributed by atoms with Crippen LogP contribution in [0, 0.1) is 22.0 Å². The van der Waals surface area contributed by atoms with Gasteiger partial charge in [0.2, 0.25) is 0 Å². The number of aliphatic carboxylic acids is 1. The van der Waals surface area contributed by atoms with Crippen molar-refractivity contribution in [2.24, 2.45) is 11.8 Å². The van der Waals surface area contributed by atoms with Crippen molar-refractivity contribution in [3.05, 3.63) is 28.1 Å². The number of nitro groups is 1. The van der Waals surface area contributed by atoms with Crippen LogP contribution in [-0.4, -0.2) is 26.1 Å². The van der Waals surface area contributed by atoms with Crippen LogP contribution in [0.3, 0.4) is 0 Å². The van der Waals surface area contributed by atoms with Gasteiger partial charge in [0.05, 0.1) is 16.9 Å². The molecule has 0 saturated heterocycles. The van der Waals surface area contributed by atoms with E-state index in [9.17, 15) is 20.0 Å². The van der Waals surface area contributed by atoms with Crippen molar-refractivity contribution in [2.45, 2.75) is 32.1 Å². The van der Waals surface area contributed by atoms with Crippen LogP contribution < -0.4 is 0 Å². The molecule has 1 aromatic heterocycles. The number of phenols is 1. The number of oxazole rings is 1. The normalized spacial score (nSPS) is 24.7. The van der Waals surface area contributed by atoms with Gasteiger partial charge in [-0.2, -0.15) is 0 Å². The third-order valence-electron chi connectivity index (χ3n) is 4.53. The van der Waals surface area contributed by atoms with Gasteiger partial charge in [-0.15, -0.1) is 0 Å². The molecule has 3 atom stereocenters. The number of carboxylic acid groups (broad SMARTS) is 1. The number of fused-ring (bicyclic) bond motifs is 1. The first kappa shape index (κ1) is 15.3. The summed E-state index contributed by atoms with van der Waals surface area (Å²) in [6.07, 6.45) is 1.73. The highest BCUT2D eigenvalue weighted by atomic mass is 16.6. The van der Waals surface area contributed by atoms with Crippen LogP contribution in [0.25, 0.3) is 11.1 Å². The number of phenolic OH excluding ortho intramolecular Hbond substituents is 1. The molecule has 1 aliphatic rings. The van der Waals surface area contributed by atoms with Crippen LogP contribution >= 0.6 is 0 Å². The van der Waals surface area contributed by atoms with Crippen molar-refractivity contribution < 1.29 is 24.3 Å². The maximum absolute atomic E-state index is 11.1. The van der Waals surface area contributed by atoms with E-state index >= 15 is 0 Å². The van der Waals surface area contributed by atoms with Gasteiger partial charge < -0.3 is 14.6 Å². The van der Waals surface area contributed by atoms with Crippen LogP contribution in [-0.2, 0) is 4.79 Å². The molecule has 1 saturated carbocycles. The molecule has 0 spiro atoms. The lowest BCUT2D eigenvalue weighted by molar-refractivity contribution is -0.385. The number of carbonyl (C=O) groups is 1. The third kappa shape index (κ3) is 2.71. The number of hydrogen-bond acceptors (Lipinski definition) is 6. The second-order valence-corrected chi connectivity index (χ2v) is 6.05. The number of carboxylic acids is 1. The van der Waals surface area contributed by atoms with Gasteiger partial charge in [0.15, 0.2) is 17.2 Å². The molecule has 1 fully saturated rings. The quantitative estimate of drug-likeness (QED) is 0.657. The van der Waals surface area contributed by atoms with Crippen molar-refractivity contribution >= 4 is 22.8 Å². The Hall–Kier alpha value is -2.64. The molecular weight excluding hydrogens is 304 g/mol. The third-order valence-corrected chi connectivity index (χ3v) is 4.53. The average Bonchev–Trinajstić information content (AvgIpc) is 2.88. The largest absolute Gasteiger partial charge is 0.502 e. The summed E-state index contributed by atoms with van der Waals surface area (Å²) in [5.74, 6) is -1.09. The minimum absolute atomic E-state index is 0.0285. The van der Waals surface area contributed by atoms with Crippen molar-refractivity contribution in [2.75, 3.05) is 0 Å². The van der Waals surface area contributed by atoms with E-state index in [0.717, 1.165) is 6.07 Å². The van der Waals surface area contributed by atoms with Crippen LogP contribution in [0.15, 0.2) is 16.5 Å². The summed E-state index contributed by atoms with van der Waals surface area (Å²) in [7, 11) is 0. The Balaban J connectivity index is 1.92. The summed E-state index contributed by atoms with van der Waals surface area (Å²) in [4.78, 5) is 25.6. The molecule has 0 bridgehead atoms. The van der Waals surface area contributed by atoms with E-state index < -0.39 is 22.3 Å². The number of aromatic hydroxyl groups is 1. The maximum atomic E-state index is 11.1. The number of hydrogen-bond donors (Lipinski definition) is 2. The molecule has 2 aromatic rings. The summed E-state index contributed by atoms with van der Waals surface area (Å²) in [6, 6.07) is 2.38. The molecule has 0 aliphatic heterocycles. The predicted molar refractivity (Wildman–Crippen MR) is 79.2 cm³/mol. The number of aromatic nitrogens is 1. The van der Waals surface area contributed by atoms with Gasteiger partial charge in [-0.05, 0) is 25.2 Å². The van der Waals surface area contributed by atoms with E-state index in [2.05, 4.69) is 4.98 Å². The van der Waals surface area contributed by atoms with Crippen molar-refractivity contribution in [3.8, 4) is 5.75 Å². The van der Waals surface area contributed by atoms with E-state index in [0.29, 0.717) is 30.7 Å². The number of nitro benzene ring substituents is 1. The van der Waals surface area contributed by atoms with E-state index in [1.54, 1.807) is 0 Å². The lowest BCUT2D eigenvalue weighted by Gasteiger charge is -2.30. The molecule has 122 valence electrons. The minimum atomic E-state index is -0.784. The summed E-state index contributed by atoms with van der Waals surface area (Å²) >= 11 is 0. The van der Waals surface area contributed by atoms with Crippen LogP contribution in [0.4, 0.5) is 5.69 Å². The zero-order valence-corrected chi connectivity index (χ0v) is 12.4. The molecule has 8 heteroatoms. The van der Waals surface area contributed by atoms with E-state index in [4.69, 9.17) is 9.52 Å². The van der Waals surface area contributed by atoms with Crippen LogP contribution in [0.1, 0.15) is 38.0 Å². The summed E-state index contributed by atoms with van der Waals surface area (Å²) in [6.45, 7) is 1.95. The van der Waals surface area contributed by atoms with Crippen molar-refractivity contribution in [3.63, 3.8) is 0 Å². The monoisotopic (exact) mass is 320 g/mol. The fraction of sp³-hybridized carbons (Fsp3) is 0.467. The Bertz CT molecular complexity index is 784. The van der Waals surface area contributed by atoms with Gasteiger partial charge in [0.25, 0.3) is 0 Å². The van der Waals surface area contributed by atoms with Gasteiger partial charge in [0.1, 0.15) is 5.52 Å².